The molecule has 12 heavy (non-hydrogen) atoms. The normalized spacial score (nSPS) is 8.00. The topological polar surface area (TPSA) is 77.3 Å². The van der Waals surface area contributed by atoms with Crippen molar-refractivity contribution < 1.29 is 0 Å². The fraction of sp³-hybridized carbons (Fsp3) is 0. The zero-order chi connectivity index (χ0) is 8.49. The molecule has 0 saturated heterocycles. The number of nitrogens with zero attached hydrogens (tertiary/aromatic N) is 6. The third-order valence-corrected chi connectivity index (χ3v) is 0.804. The molecule has 2 heterocycles. The van der Waals surface area contributed by atoms with Gasteiger partial charge >= 0.3 is 0 Å². The Hall–Kier alpha value is -1.98. The second-order valence-corrected chi connectivity index (χ2v) is 1.59. The minimum atomic E-state index is 1.39. The molecule has 0 aliphatic carbocycles. The van der Waals surface area contributed by atoms with Crippen molar-refractivity contribution in [3.05, 3.63) is 37.7 Å². The summed E-state index contributed by atoms with van der Waals surface area (Å²) in [7, 11) is 0. The molecule has 0 aliphatic heterocycles. The Morgan fingerprint density at radius 1 is 0.500 bits per heavy atom. The third kappa shape index (κ3) is 3.94. The molecule has 0 fully saturated rings. The molecule has 6 heteroatoms. The van der Waals surface area contributed by atoms with Crippen LogP contribution in [0.25, 0.3) is 0 Å². The van der Waals surface area contributed by atoms with E-state index in [0.717, 1.165) is 0 Å². The van der Waals surface area contributed by atoms with Crippen molar-refractivity contribution >= 4 is 0 Å². The average Bonchev–Trinajstić information content (AvgIpc) is 2.24. The summed E-state index contributed by atoms with van der Waals surface area (Å²) in [5.74, 6) is 0. The molecule has 0 bridgehead atoms. The molecule has 0 aromatic carbocycles. The lowest BCUT2D eigenvalue weighted by Crippen LogP contribution is -1.75. The van der Waals surface area contributed by atoms with E-state index < -0.39 is 0 Å². The first-order chi connectivity index (χ1) is 6.00. The first kappa shape index (κ1) is 8.12. The molecule has 0 N–H and O–H groups in total. The van der Waals surface area contributed by atoms with E-state index in [1.165, 1.54) is 31.5 Å². The Balaban J connectivity index is 0.000000120. The third-order valence-electron chi connectivity index (χ3n) is 0.804. The SMILES string of the molecule is c1cnncn1.c1ncncn1. The maximum atomic E-state index is 3.61. The van der Waals surface area contributed by atoms with Gasteiger partial charge in [-0.05, 0) is 0 Å². The standard InChI is InChI=1S/2C3H3N3/c1-4-2-6-3-5-1;1-2-5-6-3-4-1/h2*1-3H. The number of rotatable bonds is 0. The van der Waals surface area contributed by atoms with E-state index in [1.807, 2.05) is 0 Å². The van der Waals surface area contributed by atoms with Gasteiger partial charge in [0.2, 0.25) is 0 Å². The molecule has 0 atom stereocenters. The quantitative estimate of drug-likeness (QED) is 0.531. The van der Waals surface area contributed by atoms with Crippen molar-refractivity contribution in [1.29, 1.82) is 0 Å². The second-order valence-electron chi connectivity index (χ2n) is 1.59. The van der Waals surface area contributed by atoms with Gasteiger partial charge in [-0.25, -0.2) is 19.9 Å². The molecule has 6 nitrogen and oxygen atoms in total. The Kier molecular flexibility index (Phi) is 3.91. The van der Waals surface area contributed by atoms with E-state index >= 15 is 0 Å². The Bertz CT molecular complexity index is 187. The van der Waals surface area contributed by atoms with Crippen molar-refractivity contribution in [3.8, 4) is 0 Å². The summed E-state index contributed by atoms with van der Waals surface area (Å²) >= 11 is 0. The maximum absolute atomic E-state index is 3.61. The highest BCUT2D eigenvalue weighted by Gasteiger charge is 1.60. The predicted octanol–water partition coefficient (Wildman–Crippen LogP) is -0.257. The number of aromatic nitrogens is 6. The van der Waals surface area contributed by atoms with Crippen LogP contribution in [0, 0.1) is 0 Å². The molecule has 0 spiro atoms. The molecule has 0 saturated carbocycles. The van der Waals surface area contributed by atoms with Crippen LogP contribution in [-0.2, 0) is 0 Å². The summed E-state index contributed by atoms with van der Waals surface area (Å²) in [5, 5.41) is 6.90. The fourth-order valence-corrected chi connectivity index (χ4v) is 0.410. The summed E-state index contributed by atoms with van der Waals surface area (Å²) in [6.45, 7) is 0. The highest BCUT2D eigenvalue weighted by atomic mass is 15.1. The van der Waals surface area contributed by atoms with Crippen LogP contribution in [0.4, 0.5) is 0 Å². The van der Waals surface area contributed by atoms with Gasteiger partial charge in [0.25, 0.3) is 0 Å². The van der Waals surface area contributed by atoms with E-state index in [-0.39, 0.29) is 0 Å². The molecule has 0 unspecified atom stereocenters. The molecule has 0 aliphatic rings. The van der Waals surface area contributed by atoms with Crippen LogP contribution in [0.1, 0.15) is 0 Å². The van der Waals surface area contributed by atoms with Crippen LogP contribution in [0.2, 0.25) is 0 Å². The summed E-state index contributed by atoms with van der Waals surface area (Å²) in [6, 6.07) is 0. The molecule has 2 rings (SSSR count). The number of hydrogen-bond acceptors (Lipinski definition) is 6. The second kappa shape index (κ2) is 5.78. The minimum absolute atomic E-state index is 1.39. The van der Waals surface area contributed by atoms with Crippen molar-refractivity contribution in [2.75, 3.05) is 0 Å². The largest absolute Gasteiger partial charge is 0.241 e. The summed E-state index contributed by atoms with van der Waals surface area (Å²) in [4.78, 5) is 14.3. The smallest absolute Gasteiger partial charge is 0.138 e. The highest BCUT2D eigenvalue weighted by molar-refractivity contribution is 4.59. The average molecular weight is 162 g/mol. The Morgan fingerprint density at radius 3 is 1.33 bits per heavy atom. The van der Waals surface area contributed by atoms with Crippen molar-refractivity contribution in [2.45, 2.75) is 0 Å². The van der Waals surface area contributed by atoms with Crippen molar-refractivity contribution in [1.82, 2.24) is 30.1 Å². The van der Waals surface area contributed by atoms with Gasteiger partial charge in [-0.1, -0.05) is 0 Å². The lowest BCUT2D eigenvalue weighted by molar-refractivity contribution is 0.969. The first-order valence-electron chi connectivity index (χ1n) is 3.12. The summed E-state index contributed by atoms with van der Waals surface area (Å²) in [5.41, 5.74) is 0. The molecule has 0 amide bonds. The monoisotopic (exact) mass is 162 g/mol. The lowest BCUT2D eigenvalue weighted by atomic mass is 10.9. The zero-order valence-corrected chi connectivity index (χ0v) is 6.15. The predicted molar refractivity (Wildman–Crippen MR) is 39.7 cm³/mol. The van der Waals surface area contributed by atoms with E-state index in [4.69, 9.17) is 0 Å². The summed E-state index contributed by atoms with van der Waals surface area (Å²) < 4.78 is 0. The van der Waals surface area contributed by atoms with Crippen LogP contribution < -0.4 is 0 Å². The van der Waals surface area contributed by atoms with Gasteiger partial charge in [0.05, 0.1) is 6.20 Å². The zero-order valence-electron chi connectivity index (χ0n) is 6.15. The Morgan fingerprint density at radius 2 is 1.17 bits per heavy atom. The van der Waals surface area contributed by atoms with E-state index in [9.17, 15) is 0 Å². The van der Waals surface area contributed by atoms with Gasteiger partial charge in [-0.3, -0.25) is 0 Å². The molecule has 2 aromatic heterocycles. The van der Waals surface area contributed by atoms with E-state index in [2.05, 4.69) is 30.1 Å². The molecular weight excluding hydrogens is 156 g/mol. The van der Waals surface area contributed by atoms with Crippen LogP contribution in [0.3, 0.4) is 0 Å². The Labute approximate surface area is 68.8 Å². The van der Waals surface area contributed by atoms with Crippen LogP contribution >= 0.6 is 0 Å². The van der Waals surface area contributed by atoms with Crippen LogP contribution in [0.5, 0.6) is 0 Å². The van der Waals surface area contributed by atoms with Crippen molar-refractivity contribution in [3.63, 3.8) is 0 Å². The van der Waals surface area contributed by atoms with Gasteiger partial charge in [-0.2, -0.15) is 5.10 Å². The maximum Gasteiger partial charge on any atom is 0.138 e. The van der Waals surface area contributed by atoms with Gasteiger partial charge < -0.3 is 0 Å². The highest BCUT2D eigenvalue weighted by Crippen LogP contribution is 1.59. The fourth-order valence-electron chi connectivity index (χ4n) is 0.410. The molecule has 0 radical (unpaired) electrons. The van der Waals surface area contributed by atoms with Crippen LogP contribution in [0.15, 0.2) is 37.7 Å². The van der Waals surface area contributed by atoms with E-state index in [1.54, 1.807) is 6.20 Å². The molecular formula is C6H6N6. The van der Waals surface area contributed by atoms with Gasteiger partial charge in [-0.15, -0.1) is 5.10 Å². The van der Waals surface area contributed by atoms with Gasteiger partial charge in [0, 0.05) is 6.20 Å². The van der Waals surface area contributed by atoms with Gasteiger partial charge in [0.1, 0.15) is 25.3 Å². The summed E-state index contributed by atoms with van der Waals surface area (Å²) in [6.07, 6.45) is 8.81. The minimum Gasteiger partial charge on any atom is -0.241 e. The first-order valence-corrected chi connectivity index (χ1v) is 3.12. The number of hydrogen-bond donors (Lipinski definition) is 0. The van der Waals surface area contributed by atoms with Gasteiger partial charge in [0.15, 0.2) is 0 Å². The molecule has 60 valence electrons. The van der Waals surface area contributed by atoms with E-state index in [0.29, 0.717) is 0 Å². The van der Waals surface area contributed by atoms with Crippen LogP contribution in [-0.4, -0.2) is 30.1 Å². The lowest BCUT2D eigenvalue weighted by Gasteiger charge is -1.69. The van der Waals surface area contributed by atoms with Crippen molar-refractivity contribution in [2.24, 2.45) is 0 Å². The molecule has 2 aromatic rings.